The third-order valence-electron chi connectivity index (χ3n) is 6.24. The van der Waals surface area contributed by atoms with Crippen molar-refractivity contribution in [3.63, 3.8) is 0 Å². The molecule has 0 bridgehead atoms. The van der Waals surface area contributed by atoms with Crippen molar-refractivity contribution in [2.75, 3.05) is 0 Å². The van der Waals surface area contributed by atoms with E-state index in [0.717, 1.165) is 16.7 Å². The number of nitrogens with zero attached hydrogens (tertiary/aromatic N) is 1. The van der Waals surface area contributed by atoms with Crippen molar-refractivity contribution in [2.24, 2.45) is 5.92 Å². The van der Waals surface area contributed by atoms with Crippen LogP contribution in [-0.4, -0.2) is 46.0 Å². The van der Waals surface area contributed by atoms with Gasteiger partial charge in [0.05, 0.1) is 0 Å². The Morgan fingerprint density at radius 1 is 0.944 bits per heavy atom. The first-order valence-electron chi connectivity index (χ1n) is 13.1. The number of hydrogen-bond donors (Lipinski definition) is 2. The SMILES string of the molecule is CCC(C)(C)N(C(=O)C(CC(C)C)NC(=O)OC(C)(C)C)C(C(=O)NC(C)C)c1ccc(C)c(C)c1. The number of alkyl carbamates (subject to hydrolysis) is 1. The standard InChI is InChI=1S/C29H49N3O4/c1-13-29(11,12)32(26(34)23(16-18(2)3)31-27(35)36-28(8,9)10)24(25(33)30-19(4)5)22-15-14-20(6)21(7)17-22/h14-15,17-19,23-24H,13,16H2,1-12H3,(H,30,33)(H,31,35). The molecule has 0 aliphatic rings. The minimum atomic E-state index is -0.857. The van der Waals surface area contributed by atoms with Crippen LogP contribution in [0.25, 0.3) is 0 Å². The number of hydrogen-bond acceptors (Lipinski definition) is 4. The number of rotatable bonds is 10. The quantitative estimate of drug-likeness (QED) is 0.421. The van der Waals surface area contributed by atoms with Crippen LogP contribution in [0.4, 0.5) is 4.79 Å². The van der Waals surface area contributed by atoms with E-state index in [4.69, 9.17) is 4.74 Å². The predicted octanol–water partition coefficient (Wildman–Crippen LogP) is 5.83. The molecule has 2 unspecified atom stereocenters. The molecule has 7 nitrogen and oxygen atoms in total. The summed E-state index contributed by atoms with van der Waals surface area (Å²) in [6.45, 7) is 23.1. The Kier molecular flexibility index (Phi) is 11.0. The molecule has 0 radical (unpaired) electrons. The highest BCUT2D eigenvalue weighted by Crippen LogP contribution is 2.33. The Labute approximate surface area is 218 Å². The van der Waals surface area contributed by atoms with Gasteiger partial charge in [0.2, 0.25) is 11.8 Å². The summed E-state index contributed by atoms with van der Waals surface area (Å²) in [5, 5.41) is 5.82. The van der Waals surface area contributed by atoms with Crippen molar-refractivity contribution < 1.29 is 19.1 Å². The van der Waals surface area contributed by atoms with Gasteiger partial charge in [0.1, 0.15) is 17.7 Å². The summed E-state index contributed by atoms with van der Waals surface area (Å²) in [6.07, 6.45) is 0.389. The van der Waals surface area contributed by atoms with Crippen LogP contribution in [0, 0.1) is 19.8 Å². The molecule has 0 aliphatic carbocycles. The zero-order chi connectivity index (χ0) is 28.0. The van der Waals surface area contributed by atoms with Gasteiger partial charge in [-0.1, -0.05) is 39.0 Å². The molecule has 1 aromatic carbocycles. The van der Waals surface area contributed by atoms with Crippen LogP contribution in [0.5, 0.6) is 0 Å². The van der Waals surface area contributed by atoms with Gasteiger partial charge in [-0.05, 0) is 97.8 Å². The van der Waals surface area contributed by atoms with E-state index in [1.807, 2.05) is 80.5 Å². The fourth-order valence-corrected chi connectivity index (χ4v) is 3.97. The van der Waals surface area contributed by atoms with E-state index in [-0.39, 0.29) is 23.8 Å². The van der Waals surface area contributed by atoms with Crippen LogP contribution in [-0.2, 0) is 14.3 Å². The molecular formula is C29H49N3O4. The highest BCUT2D eigenvalue weighted by Gasteiger charge is 2.43. The second kappa shape index (κ2) is 12.6. The molecule has 0 aliphatic heterocycles. The van der Waals surface area contributed by atoms with Crippen LogP contribution >= 0.6 is 0 Å². The number of carbonyl (C=O) groups excluding carboxylic acids is 3. The zero-order valence-corrected chi connectivity index (χ0v) is 24.5. The van der Waals surface area contributed by atoms with Gasteiger partial charge in [-0.25, -0.2) is 4.79 Å². The molecule has 1 rings (SSSR count). The molecule has 0 fully saturated rings. The Morgan fingerprint density at radius 2 is 1.53 bits per heavy atom. The Bertz CT molecular complexity index is 916. The lowest BCUT2D eigenvalue weighted by atomic mass is 9.90. The van der Waals surface area contributed by atoms with Crippen molar-refractivity contribution in [1.82, 2.24) is 15.5 Å². The molecule has 3 amide bonds. The summed E-state index contributed by atoms with van der Waals surface area (Å²) in [6, 6.07) is 4.07. The normalized spacial score (nSPS) is 13.8. The smallest absolute Gasteiger partial charge is 0.408 e. The zero-order valence-electron chi connectivity index (χ0n) is 24.5. The minimum Gasteiger partial charge on any atom is -0.444 e. The van der Waals surface area contributed by atoms with E-state index >= 15 is 0 Å². The highest BCUT2D eigenvalue weighted by atomic mass is 16.6. The van der Waals surface area contributed by atoms with Gasteiger partial charge in [-0.2, -0.15) is 0 Å². The Balaban J connectivity index is 3.68. The van der Waals surface area contributed by atoms with E-state index in [1.54, 1.807) is 25.7 Å². The summed E-state index contributed by atoms with van der Waals surface area (Å²) in [7, 11) is 0. The molecular weight excluding hydrogens is 454 g/mol. The lowest BCUT2D eigenvalue weighted by molar-refractivity contribution is -0.149. The first-order chi connectivity index (χ1) is 16.4. The average molecular weight is 504 g/mol. The van der Waals surface area contributed by atoms with Gasteiger partial charge in [-0.3, -0.25) is 9.59 Å². The van der Waals surface area contributed by atoms with Crippen molar-refractivity contribution >= 4 is 17.9 Å². The molecule has 2 atom stereocenters. The number of nitrogens with one attached hydrogen (secondary N) is 2. The van der Waals surface area contributed by atoms with Crippen molar-refractivity contribution in [1.29, 1.82) is 0 Å². The van der Waals surface area contributed by atoms with Gasteiger partial charge in [0.15, 0.2) is 0 Å². The lowest BCUT2D eigenvalue weighted by Gasteiger charge is -2.45. The van der Waals surface area contributed by atoms with Crippen LogP contribution in [0.2, 0.25) is 0 Å². The van der Waals surface area contributed by atoms with E-state index in [0.29, 0.717) is 12.8 Å². The van der Waals surface area contributed by atoms with E-state index in [1.165, 1.54) is 0 Å². The van der Waals surface area contributed by atoms with Crippen molar-refractivity contribution in [2.45, 2.75) is 125 Å². The predicted molar refractivity (Wildman–Crippen MR) is 146 cm³/mol. The van der Waals surface area contributed by atoms with Crippen molar-refractivity contribution in [3.05, 3.63) is 34.9 Å². The maximum absolute atomic E-state index is 14.3. The topological polar surface area (TPSA) is 87.7 Å². The number of benzene rings is 1. The third kappa shape index (κ3) is 9.14. The molecule has 2 N–H and O–H groups in total. The second-order valence-corrected chi connectivity index (χ2v) is 12.1. The number of amides is 3. The van der Waals surface area contributed by atoms with E-state index < -0.39 is 29.3 Å². The third-order valence-corrected chi connectivity index (χ3v) is 6.24. The van der Waals surface area contributed by atoms with Gasteiger partial charge < -0.3 is 20.3 Å². The first-order valence-corrected chi connectivity index (χ1v) is 13.1. The summed E-state index contributed by atoms with van der Waals surface area (Å²) in [4.78, 5) is 42.4. The lowest BCUT2D eigenvalue weighted by Crippen LogP contribution is -2.59. The van der Waals surface area contributed by atoms with Crippen LogP contribution in [0.3, 0.4) is 0 Å². The average Bonchev–Trinajstić information content (AvgIpc) is 2.70. The summed E-state index contributed by atoms with van der Waals surface area (Å²) >= 11 is 0. The van der Waals surface area contributed by atoms with Gasteiger partial charge in [-0.15, -0.1) is 0 Å². The fourth-order valence-electron chi connectivity index (χ4n) is 3.97. The van der Waals surface area contributed by atoms with Crippen LogP contribution < -0.4 is 10.6 Å². The summed E-state index contributed by atoms with van der Waals surface area (Å²) in [5.74, 6) is -0.419. The number of ether oxygens (including phenoxy) is 1. The monoisotopic (exact) mass is 503 g/mol. The maximum atomic E-state index is 14.3. The Hall–Kier alpha value is -2.57. The maximum Gasteiger partial charge on any atom is 0.408 e. The van der Waals surface area contributed by atoms with E-state index in [9.17, 15) is 14.4 Å². The largest absolute Gasteiger partial charge is 0.444 e. The van der Waals surface area contributed by atoms with Crippen LogP contribution in [0.15, 0.2) is 18.2 Å². The van der Waals surface area contributed by atoms with Gasteiger partial charge in [0, 0.05) is 11.6 Å². The molecule has 1 aromatic rings. The first kappa shape index (κ1) is 31.5. The molecule has 0 saturated heterocycles. The van der Waals surface area contributed by atoms with Gasteiger partial charge in [0.25, 0.3) is 0 Å². The molecule has 36 heavy (non-hydrogen) atoms. The summed E-state index contributed by atoms with van der Waals surface area (Å²) < 4.78 is 5.47. The molecule has 0 spiro atoms. The summed E-state index contributed by atoms with van der Waals surface area (Å²) in [5.41, 5.74) is 1.53. The molecule has 7 heteroatoms. The number of aryl methyl sites for hydroxylation is 2. The molecule has 0 saturated carbocycles. The minimum absolute atomic E-state index is 0.0976. The van der Waals surface area contributed by atoms with Crippen molar-refractivity contribution in [3.8, 4) is 0 Å². The Morgan fingerprint density at radius 3 is 1.97 bits per heavy atom. The van der Waals surface area contributed by atoms with Crippen LogP contribution in [0.1, 0.15) is 105 Å². The molecule has 0 aromatic heterocycles. The number of carbonyl (C=O) groups is 3. The van der Waals surface area contributed by atoms with E-state index in [2.05, 4.69) is 10.6 Å². The molecule has 204 valence electrons. The fraction of sp³-hybridized carbons (Fsp3) is 0.690. The highest BCUT2D eigenvalue weighted by molar-refractivity contribution is 5.92. The molecule has 0 heterocycles. The second-order valence-electron chi connectivity index (χ2n) is 12.1. The van der Waals surface area contributed by atoms with Gasteiger partial charge >= 0.3 is 6.09 Å².